The largest absolute Gasteiger partial charge is 0.493 e. The Morgan fingerprint density at radius 2 is 2.00 bits per heavy atom. The first-order chi connectivity index (χ1) is 9.70. The maximum Gasteiger partial charge on any atom is 0.225 e. The molecule has 21 heavy (non-hydrogen) atoms. The summed E-state index contributed by atoms with van der Waals surface area (Å²) >= 11 is 6.26. The predicted molar refractivity (Wildman–Crippen MR) is 86.9 cm³/mol. The van der Waals surface area contributed by atoms with E-state index in [0.717, 1.165) is 11.3 Å². The van der Waals surface area contributed by atoms with Gasteiger partial charge in [0.05, 0.1) is 13.0 Å². The van der Waals surface area contributed by atoms with Gasteiger partial charge in [0, 0.05) is 36.8 Å². The van der Waals surface area contributed by atoms with E-state index >= 15 is 0 Å². The van der Waals surface area contributed by atoms with Crippen LogP contribution >= 0.6 is 11.6 Å². The van der Waals surface area contributed by atoms with E-state index in [1.165, 1.54) is 0 Å². The molecule has 0 bridgehead atoms. The van der Waals surface area contributed by atoms with Crippen molar-refractivity contribution in [3.63, 3.8) is 0 Å². The Morgan fingerprint density at radius 3 is 2.57 bits per heavy atom. The highest BCUT2D eigenvalue weighted by molar-refractivity contribution is 6.31. The Kier molecular flexibility index (Phi) is 6.49. The molecule has 0 aliphatic rings. The van der Waals surface area contributed by atoms with Crippen molar-refractivity contribution in [3.05, 3.63) is 28.8 Å². The maximum atomic E-state index is 11.5. The highest BCUT2D eigenvalue weighted by Gasteiger charge is 2.14. The van der Waals surface area contributed by atoms with E-state index < -0.39 is 0 Å². The zero-order valence-corrected chi connectivity index (χ0v) is 14.3. The summed E-state index contributed by atoms with van der Waals surface area (Å²) in [7, 11) is 3.47. The third-order valence-electron chi connectivity index (χ3n) is 2.94. The Hall–Kier alpha value is -1.26. The van der Waals surface area contributed by atoms with E-state index in [2.05, 4.69) is 26.1 Å². The molecule has 1 aromatic rings. The molecule has 0 aliphatic carbocycles. The number of nitrogens with zero attached hydrogens (tertiary/aromatic N) is 1. The first-order valence-electron chi connectivity index (χ1n) is 7.06. The van der Waals surface area contributed by atoms with E-state index in [4.69, 9.17) is 16.3 Å². The molecule has 0 saturated heterocycles. The lowest BCUT2D eigenvalue weighted by atomic mass is 10.1. The number of ether oxygens (including phenoxy) is 1. The topological polar surface area (TPSA) is 41.6 Å². The van der Waals surface area contributed by atoms with Gasteiger partial charge in [-0.25, -0.2) is 0 Å². The summed E-state index contributed by atoms with van der Waals surface area (Å²) in [5.41, 5.74) is 0.920. The van der Waals surface area contributed by atoms with Gasteiger partial charge in [-0.1, -0.05) is 17.7 Å². The molecular weight excluding hydrogens is 288 g/mol. The summed E-state index contributed by atoms with van der Waals surface area (Å²) in [6.45, 7) is 7.26. The van der Waals surface area contributed by atoms with E-state index in [1.807, 2.05) is 18.2 Å². The number of hydrogen-bond donors (Lipinski definition) is 1. The lowest BCUT2D eigenvalue weighted by Crippen LogP contribution is -2.35. The maximum absolute atomic E-state index is 11.5. The monoisotopic (exact) mass is 312 g/mol. The molecule has 1 rings (SSSR count). The number of hydrogen-bond acceptors (Lipinski definition) is 3. The molecule has 1 amide bonds. The quantitative estimate of drug-likeness (QED) is 0.877. The van der Waals surface area contributed by atoms with Crippen LogP contribution in [0.5, 0.6) is 5.75 Å². The van der Waals surface area contributed by atoms with Crippen molar-refractivity contribution >= 4 is 17.5 Å². The minimum Gasteiger partial charge on any atom is -0.493 e. The molecule has 0 saturated carbocycles. The molecule has 0 fully saturated rings. The van der Waals surface area contributed by atoms with Crippen molar-refractivity contribution in [2.75, 3.05) is 20.7 Å². The molecule has 0 aliphatic heterocycles. The summed E-state index contributed by atoms with van der Waals surface area (Å²) in [6.07, 6.45) is 0.353. The molecule has 0 aromatic heterocycles. The van der Waals surface area contributed by atoms with Gasteiger partial charge in [0.1, 0.15) is 5.75 Å². The van der Waals surface area contributed by atoms with E-state index in [0.29, 0.717) is 24.6 Å². The SMILES string of the molecule is CN(C)C(=O)CCOc1cccc(Cl)c1CNC(C)(C)C. The van der Waals surface area contributed by atoms with Crippen molar-refractivity contribution in [3.8, 4) is 5.75 Å². The van der Waals surface area contributed by atoms with E-state index in [-0.39, 0.29) is 11.4 Å². The number of carbonyl (C=O) groups is 1. The Morgan fingerprint density at radius 1 is 1.33 bits per heavy atom. The van der Waals surface area contributed by atoms with Crippen molar-refractivity contribution in [2.45, 2.75) is 39.3 Å². The predicted octanol–water partition coefficient (Wildman–Crippen LogP) is 3.09. The fraction of sp³-hybridized carbons (Fsp3) is 0.562. The number of benzene rings is 1. The zero-order chi connectivity index (χ0) is 16.0. The van der Waals surface area contributed by atoms with Crippen LogP contribution in [0, 0.1) is 0 Å². The normalized spacial score (nSPS) is 11.3. The average molecular weight is 313 g/mol. The van der Waals surface area contributed by atoms with E-state index in [9.17, 15) is 4.79 Å². The summed E-state index contributed by atoms with van der Waals surface area (Å²) < 4.78 is 5.73. The Bertz CT molecular complexity index is 482. The lowest BCUT2D eigenvalue weighted by molar-refractivity contribution is -0.129. The molecule has 1 N–H and O–H groups in total. The Labute approximate surface area is 132 Å². The highest BCUT2D eigenvalue weighted by atomic mass is 35.5. The summed E-state index contributed by atoms with van der Waals surface area (Å²) in [5.74, 6) is 0.775. The van der Waals surface area contributed by atoms with Crippen LogP contribution in [0.2, 0.25) is 5.02 Å². The van der Waals surface area contributed by atoms with Crippen molar-refractivity contribution < 1.29 is 9.53 Å². The highest BCUT2D eigenvalue weighted by Crippen LogP contribution is 2.27. The molecule has 0 unspecified atom stereocenters. The zero-order valence-electron chi connectivity index (χ0n) is 13.5. The summed E-state index contributed by atoms with van der Waals surface area (Å²) in [6, 6.07) is 5.58. The van der Waals surface area contributed by atoms with Crippen LogP contribution < -0.4 is 10.1 Å². The number of amides is 1. The van der Waals surface area contributed by atoms with Gasteiger partial charge in [-0.3, -0.25) is 4.79 Å². The van der Waals surface area contributed by atoms with Crippen molar-refractivity contribution in [1.82, 2.24) is 10.2 Å². The van der Waals surface area contributed by atoms with Gasteiger partial charge in [0.15, 0.2) is 0 Å². The van der Waals surface area contributed by atoms with E-state index in [1.54, 1.807) is 19.0 Å². The van der Waals surface area contributed by atoms with Gasteiger partial charge < -0.3 is 15.0 Å². The first kappa shape index (κ1) is 17.8. The molecule has 1 aromatic carbocycles. The lowest BCUT2D eigenvalue weighted by Gasteiger charge is -2.22. The van der Waals surface area contributed by atoms with Gasteiger partial charge in [-0.05, 0) is 32.9 Å². The fourth-order valence-corrected chi connectivity index (χ4v) is 1.90. The minimum atomic E-state index is -0.00265. The second-order valence-corrected chi connectivity index (χ2v) is 6.61. The molecule has 118 valence electrons. The van der Waals surface area contributed by atoms with Crippen LogP contribution in [0.3, 0.4) is 0 Å². The standard InChI is InChI=1S/C16H25ClN2O2/c1-16(2,3)18-11-12-13(17)7-6-8-14(12)21-10-9-15(20)19(4)5/h6-8,18H,9-11H2,1-5H3. The third kappa shape index (κ3) is 6.36. The van der Waals surface area contributed by atoms with Crippen LogP contribution in [0.15, 0.2) is 18.2 Å². The molecule has 0 radical (unpaired) electrons. The van der Waals surface area contributed by atoms with Crippen LogP contribution in [-0.4, -0.2) is 37.0 Å². The number of halogens is 1. The van der Waals surface area contributed by atoms with Crippen LogP contribution in [0.25, 0.3) is 0 Å². The minimum absolute atomic E-state index is 0.00265. The number of carbonyl (C=O) groups excluding carboxylic acids is 1. The van der Waals surface area contributed by atoms with Gasteiger partial charge in [0.2, 0.25) is 5.91 Å². The van der Waals surface area contributed by atoms with Crippen LogP contribution in [-0.2, 0) is 11.3 Å². The van der Waals surface area contributed by atoms with Crippen LogP contribution in [0.1, 0.15) is 32.8 Å². The number of rotatable bonds is 6. The molecule has 0 atom stereocenters. The summed E-state index contributed by atoms with van der Waals surface area (Å²) in [5, 5.41) is 4.07. The van der Waals surface area contributed by atoms with Gasteiger partial charge in [-0.15, -0.1) is 0 Å². The average Bonchev–Trinajstić information content (AvgIpc) is 2.36. The van der Waals surface area contributed by atoms with Gasteiger partial charge in [-0.2, -0.15) is 0 Å². The Balaban J connectivity index is 2.69. The van der Waals surface area contributed by atoms with Crippen molar-refractivity contribution in [2.24, 2.45) is 0 Å². The molecule has 5 heteroatoms. The second kappa shape index (κ2) is 7.66. The van der Waals surface area contributed by atoms with Crippen LogP contribution in [0.4, 0.5) is 0 Å². The van der Waals surface area contributed by atoms with Crippen molar-refractivity contribution in [1.29, 1.82) is 0 Å². The number of nitrogens with one attached hydrogen (secondary N) is 1. The van der Waals surface area contributed by atoms with Gasteiger partial charge in [0.25, 0.3) is 0 Å². The first-order valence-corrected chi connectivity index (χ1v) is 7.44. The molecule has 0 heterocycles. The molecule has 0 spiro atoms. The second-order valence-electron chi connectivity index (χ2n) is 6.21. The van der Waals surface area contributed by atoms with Gasteiger partial charge >= 0.3 is 0 Å². The third-order valence-corrected chi connectivity index (χ3v) is 3.30. The fourth-order valence-electron chi connectivity index (χ4n) is 1.67. The molecular formula is C16H25ClN2O2. The summed E-state index contributed by atoms with van der Waals surface area (Å²) in [4.78, 5) is 13.1. The smallest absolute Gasteiger partial charge is 0.225 e. The molecule has 4 nitrogen and oxygen atoms in total.